The van der Waals surface area contributed by atoms with Crippen molar-refractivity contribution >= 4 is 11.9 Å². The second kappa shape index (κ2) is 2.71. The summed E-state index contributed by atoms with van der Waals surface area (Å²) in [5, 5.41) is 1.91. The normalized spacial score (nSPS) is 8.00. The molecular formula is C4H7N3O2. The van der Waals surface area contributed by atoms with Crippen molar-refractivity contribution in [2.75, 3.05) is 0 Å². The van der Waals surface area contributed by atoms with E-state index in [2.05, 4.69) is 18.0 Å². The molecule has 0 rings (SSSR count). The van der Waals surface area contributed by atoms with Gasteiger partial charge in [-0.15, -0.1) is 0 Å². The number of nitrogens with two attached hydrogens (primary N) is 2. The number of carbonyl (C=O) groups is 2. The molecular weight excluding hydrogens is 122 g/mol. The van der Waals surface area contributed by atoms with Crippen molar-refractivity contribution in [1.82, 2.24) is 5.32 Å². The van der Waals surface area contributed by atoms with E-state index in [0.717, 1.165) is 0 Å². The number of amides is 3. The summed E-state index contributed by atoms with van der Waals surface area (Å²) in [5.74, 6) is -0.797. The maximum absolute atomic E-state index is 10.1. The first kappa shape index (κ1) is 7.48. The highest BCUT2D eigenvalue weighted by atomic mass is 16.2. The Balaban J connectivity index is 3.79. The maximum Gasteiger partial charge on any atom is 0.316 e. The molecule has 0 atom stereocenters. The van der Waals surface area contributed by atoms with Crippen LogP contribution < -0.4 is 16.8 Å². The molecule has 3 amide bonds. The predicted molar refractivity (Wildman–Crippen MR) is 31.1 cm³/mol. The van der Waals surface area contributed by atoms with E-state index in [1.54, 1.807) is 0 Å². The predicted octanol–water partition coefficient (Wildman–Crippen LogP) is -1.35. The summed E-state index contributed by atoms with van der Waals surface area (Å²) < 4.78 is 0. The van der Waals surface area contributed by atoms with Gasteiger partial charge in [-0.3, -0.25) is 4.79 Å². The average molecular weight is 129 g/mol. The summed E-state index contributed by atoms with van der Waals surface area (Å²) in [6, 6.07) is -0.848. The minimum absolute atomic E-state index is 0.206. The molecule has 0 aromatic heterocycles. The Morgan fingerprint density at radius 1 is 1.33 bits per heavy atom. The van der Waals surface area contributed by atoms with Crippen molar-refractivity contribution in [2.24, 2.45) is 11.5 Å². The number of urea groups is 1. The smallest absolute Gasteiger partial charge is 0.316 e. The average Bonchev–Trinajstić information content (AvgIpc) is 1.63. The van der Waals surface area contributed by atoms with Gasteiger partial charge in [-0.25, -0.2) is 4.79 Å². The highest BCUT2D eigenvalue weighted by Crippen LogP contribution is 1.77. The summed E-state index contributed by atoms with van der Waals surface area (Å²) in [6.07, 6.45) is 0. The van der Waals surface area contributed by atoms with Crippen LogP contribution in [0.1, 0.15) is 0 Å². The molecule has 0 heterocycles. The minimum Gasteiger partial charge on any atom is -0.364 e. The monoisotopic (exact) mass is 129 g/mol. The van der Waals surface area contributed by atoms with E-state index < -0.39 is 11.9 Å². The molecule has 0 aromatic carbocycles. The molecule has 50 valence electrons. The van der Waals surface area contributed by atoms with Crippen LogP contribution in [0.15, 0.2) is 12.3 Å². The number of primary amides is 2. The molecule has 0 fully saturated rings. The largest absolute Gasteiger partial charge is 0.364 e. The van der Waals surface area contributed by atoms with Gasteiger partial charge in [0.15, 0.2) is 0 Å². The molecule has 0 aliphatic rings. The Morgan fingerprint density at radius 3 is 1.89 bits per heavy atom. The van der Waals surface area contributed by atoms with Gasteiger partial charge in [-0.05, 0) is 0 Å². The van der Waals surface area contributed by atoms with Gasteiger partial charge in [0, 0.05) is 0 Å². The van der Waals surface area contributed by atoms with Gasteiger partial charge in [-0.2, -0.15) is 0 Å². The van der Waals surface area contributed by atoms with Crippen LogP contribution in [0.3, 0.4) is 0 Å². The molecule has 0 saturated heterocycles. The SMILES string of the molecule is C=C(NC(N)=O)C(N)=O. The Hall–Kier alpha value is -1.52. The third-order valence-corrected chi connectivity index (χ3v) is 0.572. The lowest BCUT2D eigenvalue weighted by Gasteiger charge is -1.97. The van der Waals surface area contributed by atoms with Crippen molar-refractivity contribution in [3.8, 4) is 0 Å². The van der Waals surface area contributed by atoms with E-state index in [4.69, 9.17) is 0 Å². The van der Waals surface area contributed by atoms with Crippen LogP contribution in [-0.2, 0) is 4.79 Å². The molecule has 0 aliphatic heterocycles. The van der Waals surface area contributed by atoms with Crippen molar-refractivity contribution < 1.29 is 9.59 Å². The molecule has 5 N–H and O–H groups in total. The lowest BCUT2D eigenvalue weighted by atomic mass is 10.5. The zero-order valence-electron chi connectivity index (χ0n) is 4.68. The second-order valence-electron chi connectivity index (χ2n) is 1.33. The topological polar surface area (TPSA) is 98.2 Å². The first-order valence-electron chi connectivity index (χ1n) is 2.09. The van der Waals surface area contributed by atoms with Gasteiger partial charge < -0.3 is 16.8 Å². The van der Waals surface area contributed by atoms with E-state index in [9.17, 15) is 9.59 Å². The minimum atomic E-state index is -0.848. The highest BCUT2D eigenvalue weighted by Gasteiger charge is 2.01. The van der Waals surface area contributed by atoms with Gasteiger partial charge in [-0.1, -0.05) is 6.58 Å². The van der Waals surface area contributed by atoms with Crippen LogP contribution in [0.2, 0.25) is 0 Å². The molecule has 0 saturated carbocycles. The molecule has 0 unspecified atom stereocenters. The molecule has 5 heteroatoms. The zero-order valence-corrected chi connectivity index (χ0v) is 4.68. The molecule has 0 radical (unpaired) electrons. The first-order valence-corrected chi connectivity index (χ1v) is 2.09. The van der Waals surface area contributed by atoms with Crippen LogP contribution >= 0.6 is 0 Å². The number of hydrogen-bond acceptors (Lipinski definition) is 2. The van der Waals surface area contributed by atoms with E-state index in [-0.39, 0.29) is 5.70 Å². The summed E-state index contributed by atoms with van der Waals surface area (Å²) in [7, 11) is 0. The fourth-order valence-corrected chi connectivity index (χ4v) is 0.210. The molecule has 0 spiro atoms. The van der Waals surface area contributed by atoms with Crippen molar-refractivity contribution in [3.63, 3.8) is 0 Å². The van der Waals surface area contributed by atoms with Crippen LogP contribution in [0.25, 0.3) is 0 Å². The third kappa shape index (κ3) is 3.10. The van der Waals surface area contributed by atoms with Crippen molar-refractivity contribution in [1.29, 1.82) is 0 Å². The van der Waals surface area contributed by atoms with Gasteiger partial charge in [0.1, 0.15) is 5.70 Å². The van der Waals surface area contributed by atoms with Crippen LogP contribution in [0.5, 0.6) is 0 Å². The van der Waals surface area contributed by atoms with Crippen LogP contribution in [0.4, 0.5) is 4.79 Å². The molecule has 0 aliphatic carbocycles. The Bertz CT molecular complexity index is 163. The molecule has 5 nitrogen and oxygen atoms in total. The van der Waals surface area contributed by atoms with E-state index in [1.807, 2.05) is 5.32 Å². The van der Waals surface area contributed by atoms with E-state index in [1.165, 1.54) is 0 Å². The fourth-order valence-electron chi connectivity index (χ4n) is 0.210. The Kier molecular flexibility index (Phi) is 2.25. The number of nitrogens with one attached hydrogen (secondary N) is 1. The van der Waals surface area contributed by atoms with Gasteiger partial charge in [0.25, 0.3) is 5.91 Å². The van der Waals surface area contributed by atoms with Gasteiger partial charge >= 0.3 is 6.03 Å². The van der Waals surface area contributed by atoms with Crippen molar-refractivity contribution in [2.45, 2.75) is 0 Å². The Morgan fingerprint density at radius 2 is 1.78 bits per heavy atom. The molecule has 0 aromatic rings. The number of carbonyl (C=O) groups excluding carboxylic acids is 2. The highest BCUT2D eigenvalue weighted by molar-refractivity contribution is 5.94. The number of rotatable bonds is 2. The van der Waals surface area contributed by atoms with Gasteiger partial charge in [0.05, 0.1) is 0 Å². The number of hydrogen-bond donors (Lipinski definition) is 3. The standard InChI is InChI=1S/C4H7N3O2/c1-2(3(5)8)7-4(6)9/h1H2,(H2,5,8)(H3,6,7,9). The first-order chi connectivity index (χ1) is 4.04. The summed E-state index contributed by atoms with van der Waals surface area (Å²) in [4.78, 5) is 20.0. The van der Waals surface area contributed by atoms with Gasteiger partial charge in [0.2, 0.25) is 0 Å². The lowest BCUT2D eigenvalue weighted by Crippen LogP contribution is -2.34. The maximum atomic E-state index is 10.1. The molecule has 0 bridgehead atoms. The fraction of sp³-hybridized carbons (Fsp3) is 0. The Labute approximate surface area is 51.7 Å². The van der Waals surface area contributed by atoms with Crippen LogP contribution in [0, 0.1) is 0 Å². The lowest BCUT2D eigenvalue weighted by molar-refractivity contribution is -0.114. The van der Waals surface area contributed by atoms with Crippen molar-refractivity contribution in [3.05, 3.63) is 12.3 Å². The summed E-state index contributed by atoms with van der Waals surface area (Å²) in [6.45, 7) is 3.11. The third-order valence-electron chi connectivity index (χ3n) is 0.572. The van der Waals surface area contributed by atoms with E-state index >= 15 is 0 Å². The second-order valence-corrected chi connectivity index (χ2v) is 1.33. The molecule has 9 heavy (non-hydrogen) atoms. The zero-order chi connectivity index (χ0) is 7.44. The van der Waals surface area contributed by atoms with E-state index in [0.29, 0.717) is 0 Å². The summed E-state index contributed by atoms with van der Waals surface area (Å²) >= 11 is 0. The van der Waals surface area contributed by atoms with Crippen LogP contribution in [-0.4, -0.2) is 11.9 Å². The summed E-state index contributed by atoms with van der Waals surface area (Å²) in [5.41, 5.74) is 9.08. The quantitative estimate of drug-likeness (QED) is 0.402.